The highest BCUT2D eigenvalue weighted by Crippen LogP contribution is 2.25. The molecule has 0 bridgehead atoms. The maximum atomic E-state index is 9.33. The van der Waals surface area contributed by atoms with Crippen molar-refractivity contribution in [2.24, 2.45) is 5.92 Å². The van der Waals surface area contributed by atoms with Crippen LogP contribution in [-0.2, 0) is 0 Å². The fraction of sp³-hybridized carbons (Fsp3) is 0.467. The molecule has 4 nitrogen and oxygen atoms in total. The van der Waals surface area contributed by atoms with Gasteiger partial charge in [0.05, 0.1) is 16.7 Å². The van der Waals surface area contributed by atoms with E-state index in [0.717, 1.165) is 48.5 Å². The van der Waals surface area contributed by atoms with E-state index < -0.39 is 0 Å². The summed E-state index contributed by atoms with van der Waals surface area (Å²) in [5, 5.41) is 9.33. The molecule has 1 aromatic heterocycles. The van der Waals surface area contributed by atoms with Gasteiger partial charge in [0.2, 0.25) is 0 Å². The Balaban J connectivity index is 1.97. The van der Waals surface area contributed by atoms with Gasteiger partial charge < -0.3 is 10.0 Å². The van der Waals surface area contributed by atoms with Gasteiger partial charge in [-0.05, 0) is 37.8 Å². The Labute approximate surface area is 113 Å². The zero-order chi connectivity index (χ0) is 13.2. The lowest BCUT2D eigenvalue weighted by Crippen LogP contribution is -2.37. The van der Waals surface area contributed by atoms with E-state index in [4.69, 9.17) is 4.98 Å². The number of aryl methyl sites for hydroxylation is 1. The third kappa shape index (κ3) is 2.40. The summed E-state index contributed by atoms with van der Waals surface area (Å²) in [4.78, 5) is 11.6. The molecule has 4 heteroatoms. The number of hydrogen-bond donors (Lipinski definition) is 1. The van der Waals surface area contributed by atoms with Crippen LogP contribution in [-0.4, -0.2) is 34.8 Å². The molecule has 2 aromatic rings. The maximum Gasteiger partial charge on any atom is 0.150 e. The van der Waals surface area contributed by atoms with Crippen molar-refractivity contribution < 1.29 is 5.11 Å². The molecule has 0 saturated carbocycles. The first-order valence-electron chi connectivity index (χ1n) is 6.87. The Morgan fingerprint density at radius 2 is 2.00 bits per heavy atom. The first-order chi connectivity index (χ1) is 9.28. The summed E-state index contributed by atoms with van der Waals surface area (Å²) in [6.45, 7) is 4.16. The first kappa shape index (κ1) is 12.4. The monoisotopic (exact) mass is 257 g/mol. The zero-order valence-electron chi connectivity index (χ0n) is 11.2. The fourth-order valence-corrected chi connectivity index (χ4v) is 2.78. The van der Waals surface area contributed by atoms with Crippen LogP contribution in [0, 0.1) is 12.8 Å². The second-order valence-electron chi connectivity index (χ2n) is 5.26. The van der Waals surface area contributed by atoms with Crippen molar-refractivity contribution in [2.75, 3.05) is 24.6 Å². The number of aliphatic hydroxyl groups excluding tert-OH is 1. The van der Waals surface area contributed by atoms with Gasteiger partial charge in [0.15, 0.2) is 5.82 Å². The number of piperidine rings is 1. The second kappa shape index (κ2) is 5.13. The minimum atomic E-state index is 0.260. The minimum absolute atomic E-state index is 0.260. The molecule has 1 aromatic carbocycles. The van der Waals surface area contributed by atoms with Crippen LogP contribution in [0.25, 0.3) is 11.0 Å². The maximum absolute atomic E-state index is 9.33. The number of rotatable bonds is 2. The molecular weight excluding hydrogens is 238 g/mol. The summed E-state index contributed by atoms with van der Waals surface area (Å²) in [6.07, 6.45) is 2.21. The molecule has 19 heavy (non-hydrogen) atoms. The lowest BCUT2D eigenvalue weighted by molar-refractivity contribution is 0.208. The van der Waals surface area contributed by atoms with Gasteiger partial charge in [-0.3, -0.25) is 0 Å². The second-order valence-corrected chi connectivity index (χ2v) is 5.26. The van der Waals surface area contributed by atoms with Crippen LogP contribution in [0.4, 0.5) is 5.82 Å². The molecule has 2 heterocycles. The van der Waals surface area contributed by atoms with E-state index >= 15 is 0 Å². The third-order valence-electron chi connectivity index (χ3n) is 3.80. The number of para-hydroxylation sites is 2. The molecule has 3 rings (SSSR count). The van der Waals surface area contributed by atoms with Gasteiger partial charge in [0, 0.05) is 19.7 Å². The summed E-state index contributed by atoms with van der Waals surface area (Å²) >= 11 is 0. The molecular formula is C15H19N3O. The Hall–Kier alpha value is -1.68. The SMILES string of the molecule is Cc1nc2ccccc2nc1N1CCC[C@H](CO)C1. The molecule has 100 valence electrons. The highest BCUT2D eigenvalue weighted by atomic mass is 16.3. The van der Waals surface area contributed by atoms with Crippen LogP contribution in [0.3, 0.4) is 0 Å². The van der Waals surface area contributed by atoms with Gasteiger partial charge in [-0.15, -0.1) is 0 Å². The topological polar surface area (TPSA) is 49.2 Å². The molecule has 0 aliphatic carbocycles. The van der Waals surface area contributed by atoms with E-state index in [0.29, 0.717) is 5.92 Å². The largest absolute Gasteiger partial charge is 0.396 e. The molecule has 0 radical (unpaired) electrons. The van der Waals surface area contributed by atoms with Crippen molar-refractivity contribution in [1.29, 1.82) is 0 Å². The van der Waals surface area contributed by atoms with E-state index in [1.165, 1.54) is 0 Å². The average molecular weight is 257 g/mol. The van der Waals surface area contributed by atoms with Crippen molar-refractivity contribution >= 4 is 16.9 Å². The number of aromatic nitrogens is 2. The van der Waals surface area contributed by atoms with Crippen LogP contribution in [0.2, 0.25) is 0 Å². The van der Waals surface area contributed by atoms with Crippen molar-refractivity contribution in [1.82, 2.24) is 9.97 Å². The number of hydrogen-bond acceptors (Lipinski definition) is 4. The van der Waals surface area contributed by atoms with Crippen LogP contribution >= 0.6 is 0 Å². The first-order valence-corrected chi connectivity index (χ1v) is 6.87. The highest BCUT2D eigenvalue weighted by molar-refractivity contribution is 5.76. The molecule has 1 N–H and O–H groups in total. The molecule has 0 unspecified atom stereocenters. The summed E-state index contributed by atoms with van der Waals surface area (Å²) in [7, 11) is 0. The number of benzene rings is 1. The predicted molar refractivity (Wildman–Crippen MR) is 76.3 cm³/mol. The standard InChI is InChI=1S/C15H19N3O/c1-11-15(18-8-4-5-12(9-18)10-19)17-14-7-3-2-6-13(14)16-11/h2-3,6-7,12,19H,4-5,8-10H2,1H3/t12-/m0/s1. The van der Waals surface area contributed by atoms with Gasteiger partial charge in [-0.1, -0.05) is 12.1 Å². The van der Waals surface area contributed by atoms with Gasteiger partial charge in [-0.2, -0.15) is 0 Å². The number of anilines is 1. The predicted octanol–water partition coefficient (Wildman–Crippen LogP) is 2.15. The Kier molecular flexibility index (Phi) is 3.34. The summed E-state index contributed by atoms with van der Waals surface area (Å²) in [6, 6.07) is 7.96. The van der Waals surface area contributed by atoms with Crippen molar-refractivity contribution in [3.8, 4) is 0 Å². The van der Waals surface area contributed by atoms with Gasteiger partial charge >= 0.3 is 0 Å². The van der Waals surface area contributed by atoms with Gasteiger partial charge in [0.1, 0.15) is 0 Å². The quantitative estimate of drug-likeness (QED) is 0.895. The molecule has 1 saturated heterocycles. The van der Waals surface area contributed by atoms with Gasteiger partial charge in [-0.25, -0.2) is 9.97 Å². The lowest BCUT2D eigenvalue weighted by atomic mass is 9.99. The van der Waals surface area contributed by atoms with Crippen LogP contribution in [0.15, 0.2) is 24.3 Å². The summed E-state index contributed by atoms with van der Waals surface area (Å²) in [5.41, 5.74) is 2.85. The molecule has 1 aliphatic rings. The number of nitrogens with zero attached hydrogens (tertiary/aromatic N) is 3. The Bertz CT molecular complexity index is 585. The van der Waals surface area contributed by atoms with Crippen molar-refractivity contribution in [3.63, 3.8) is 0 Å². The smallest absolute Gasteiger partial charge is 0.150 e. The zero-order valence-corrected chi connectivity index (χ0v) is 11.2. The van der Waals surface area contributed by atoms with E-state index in [2.05, 4.69) is 9.88 Å². The van der Waals surface area contributed by atoms with E-state index in [1.54, 1.807) is 0 Å². The molecule has 0 amide bonds. The number of fused-ring (bicyclic) bond motifs is 1. The van der Waals surface area contributed by atoms with E-state index in [9.17, 15) is 5.11 Å². The number of aliphatic hydroxyl groups is 1. The normalized spacial score (nSPS) is 19.9. The summed E-state index contributed by atoms with van der Waals surface area (Å²) < 4.78 is 0. The summed E-state index contributed by atoms with van der Waals surface area (Å²) in [5.74, 6) is 1.33. The van der Waals surface area contributed by atoms with Crippen molar-refractivity contribution in [2.45, 2.75) is 19.8 Å². The van der Waals surface area contributed by atoms with Crippen molar-refractivity contribution in [3.05, 3.63) is 30.0 Å². The van der Waals surface area contributed by atoms with Crippen LogP contribution < -0.4 is 4.90 Å². The lowest BCUT2D eigenvalue weighted by Gasteiger charge is -2.33. The van der Waals surface area contributed by atoms with E-state index in [-0.39, 0.29) is 6.61 Å². The molecule has 1 fully saturated rings. The van der Waals surface area contributed by atoms with E-state index in [1.807, 2.05) is 31.2 Å². The average Bonchev–Trinajstić information content (AvgIpc) is 2.46. The Morgan fingerprint density at radius 3 is 2.74 bits per heavy atom. The minimum Gasteiger partial charge on any atom is -0.396 e. The highest BCUT2D eigenvalue weighted by Gasteiger charge is 2.22. The van der Waals surface area contributed by atoms with Gasteiger partial charge in [0.25, 0.3) is 0 Å². The van der Waals surface area contributed by atoms with Crippen LogP contribution in [0.1, 0.15) is 18.5 Å². The van der Waals surface area contributed by atoms with Crippen LogP contribution in [0.5, 0.6) is 0 Å². The third-order valence-corrected chi connectivity index (χ3v) is 3.80. The molecule has 0 spiro atoms. The molecule has 1 atom stereocenters. The Morgan fingerprint density at radius 1 is 1.26 bits per heavy atom. The molecule has 1 aliphatic heterocycles. The fourth-order valence-electron chi connectivity index (χ4n) is 2.78.